The molecule has 15 heavy (non-hydrogen) atoms. The summed E-state index contributed by atoms with van der Waals surface area (Å²) in [6.45, 7) is 7.96. The van der Waals surface area contributed by atoms with Gasteiger partial charge in [-0.3, -0.25) is 0 Å². The summed E-state index contributed by atoms with van der Waals surface area (Å²) >= 11 is 0. The molecule has 0 bridgehead atoms. The summed E-state index contributed by atoms with van der Waals surface area (Å²) in [5.74, 6) is 0.600. The third-order valence-electron chi connectivity index (χ3n) is 2.55. The second-order valence-corrected chi connectivity index (χ2v) is 4.54. The summed E-state index contributed by atoms with van der Waals surface area (Å²) in [6.07, 6.45) is 5.64. The standard InChI is InChI=1S/C12H25N2O/c1-4-5-6-7-9-14(12(13)15)10-8-11(2)3/h11,13H,4-10H2,1-3H3. The van der Waals surface area contributed by atoms with Gasteiger partial charge in [0.15, 0.2) is 0 Å². The Morgan fingerprint density at radius 1 is 1.20 bits per heavy atom. The fraction of sp³-hybridized carbons (Fsp3) is 0.917. The quantitative estimate of drug-likeness (QED) is 0.570. The van der Waals surface area contributed by atoms with E-state index < -0.39 is 6.03 Å². The van der Waals surface area contributed by atoms with Gasteiger partial charge in [-0.05, 0) is 18.8 Å². The minimum absolute atomic E-state index is 0.521. The first-order chi connectivity index (χ1) is 7.07. The normalized spacial score (nSPS) is 10.7. The summed E-state index contributed by atoms with van der Waals surface area (Å²) in [4.78, 5) is 12.7. The number of carbonyl (C=O) groups is 1. The number of rotatable bonds is 8. The van der Waals surface area contributed by atoms with Gasteiger partial charge in [0.2, 0.25) is 0 Å². The molecular weight excluding hydrogens is 188 g/mol. The van der Waals surface area contributed by atoms with E-state index in [1.165, 1.54) is 19.3 Å². The van der Waals surface area contributed by atoms with Crippen LogP contribution in [0, 0.1) is 5.92 Å². The number of urea groups is 1. The second kappa shape index (κ2) is 8.57. The summed E-state index contributed by atoms with van der Waals surface area (Å²) in [5, 5.41) is 0. The molecular formula is C12H25N2O. The molecule has 0 aromatic heterocycles. The number of hydrogen-bond acceptors (Lipinski definition) is 1. The maximum atomic E-state index is 11.0. The van der Waals surface area contributed by atoms with E-state index in [0.29, 0.717) is 5.92 Å². The van der Waals surface area contributed by atoms with Crippen LogP contribution in [0.15, 0.2) is 0 Å². The van der Waals surface area contributed by atoms with E-state index in [9.17, 15) is 4.79 Å². The zero-order chi connectivity index (χ0) is 11.7. The van der Waals surface area contributed by atoms with Crippen molar-refractivity contribution in [2.24, 2.45) is 5.92 Å². The fourth-order valence-corrected chi connectivity index (χ4v) is 1.46. The lowest BCUT2D eigenvalue weighted by molar-refractivity contribution is 0.201. The average Bonchev–Trinajstić information content (AvgIpc) is 2.15. The van der Waals surface area contributed by atoms with Gasteiger partial charge in [-0.2, -0.15) is 0 Å². The second-order valence-electron chi connectivity index (χ2n) is 4.54. The molecule has 3 nitrogen and oxygen atoms in total. The van der Waals surface area contributed by atoms with Crippen molar-refractivity contribution in [3.05, 3.63) is 0 Å². The highest BCUT2D eigenvalue weighted by molar-refractivity contribution is 5.71. The van der Waals surface area contributed by atoms with Gasteiger partial charge < -0.3 is 4.90 Å². The molecule has 0 saturated carbocycles. The van der Waals surface area contributed by atoms with Gasteiger partial charge in [0.25, 0.3) is 0 Å². The molecule has 0 heterocycles. The molecule has 3 heteroatoms. The van der Waals surface area contributed by atoms with Crippen LogP contribution in [0.2, 0.25) is 0 Å². The monoisotopic (exact) mass is 213 g/mol. The maximum Gasteiger partial charge on any atom is 0.336 e. The van der Waals surface area contributed by atoms with E-state index in [1.54, 1.807) is 4.90 Å². The van der Waals surface area contributed by atoms with Gasteiger partial charge in [-0.25, -0.2) is 10.5 Å². The lowest BCUT2D eigenvalue weighted by Gasteiger charge is -2.20. The molecule has 0 aliphatic heterocycles. The van der Waals surface area contributed by atoms with Crippen LogP contribution in [0.3, 0.4) is 0 Å². The Hall–Kier alpha value is -0.730. The van der Waals surface area contributed by atoms with Crippen molar-refractivity contribution in [3.8, 4) is 0 Å². The van der Waals surface area contributed by atoms with Crippen LogP contribution in [0.5, 0.6) is 0 Å². The van der Waals surface area contributed by atoms with Crippen LogP contribution in [0.25, 0.3) is 0 Å². The summed E-state index contributed by atoms with van der Waals surface area (Å²) in [6, 6.07) is -0.521. The predicted octanol–water partition coefficient (Wildman–Crippen LogP) is 3.32. The molecule has 0 aromatic rings. The molecule has 89 valence electrons. The Morgan fingerprint density at radius 2 is 1.87 bits per heavy atom. The first-order valence-corrected chi connectivity index (χ1v) is 6.08. The SMILES string of the molecule is CCCCCCN(CCC(C)C)C([NH])=O. The van der Waals surface area contributed by atoms with E-state index in [0.717, 1.165) is 25.9 Å². The highest BCUT2D eigenvalue weighted by atomic mass is 16.2. The minimum Gasteiger partial charge on any atom is -0.323 e. The number of nitrogens with zero attached hydrogens (tertiary/aromatic N) is 1. The van der Waals surface area contributed by atoms with Crippen LogP contribution in [0.1, 0.15) is 52.9 Å². The number of amides is 2. The molecule has 0 unspecified atom stereocenters. The van der Waals surface area contributed by atoms with Crippen molar-refractivity contribution < 1.29 is 4.79 Å². The van der Waals surface area contributed by atoms with E-state index in [4.69, 9.17) is 5.73 Å². The molecule has 0 saturated heterocycles. The Morgan fingerprint density at radius 3 is 2.33 bits per heavy atom. The van der Waals surface area contributed by atoms with Crippen LogP contribution in [0.4, 0.5) is 4.79 Å². The Kier molecular flexibility index (Phi) is 8.15. The van der Waals surface area contributed by atoms with E-state index in [1.807, 2.05) is 0 Å². The van der Waals surface area contributed by atoms with Gasteiger partial charge >= 0.3 is 6.03 Å². The average molecular weight is 213 g/mol. The highest BCUT2D eigenvalue weighted by Crippen LogP contribution is 2.05. The Bertz CT molecular complexity index is 169. The van der Waals surface area contributed by atoms with Crippen molar-refractivity contribution in [1.82, 2.24) is 10.6 Å². The molecule has 1 N–H and O–H groups in total. The lowest BCUT2D eigenvalue weighted by atomic mass is 10.1. The van der Waals surface area contributed by atoms with E-state index in [2.05, 4.69) is 20.8 Å². The van der Waals surface area contributed by atoms with E-state index >= 15 is 0 Å². The molecule has 0 spiro atoms. The van der Waals surface area contributed by atoms with Crippen LogP contribution >= 0.6 is 0 Å². The fourth-order valence-electron chi connectivity index (χ4n) is 1.46. The molecule has 0 aromatic carbocycles. The van der Waals surface area contributed by atoms with E-state index in [-0.39, 0.29) is 0 Å². The third kappa shape index (κ3) is 8.28. The maximum absolute atomic E-state index is 11.0. The molecule has 1 radical (unpaired) electrons. The van der Waals surface area contributed by atoms with Crippen LogP contribution < -0.4 is 5.73 Å². The first kappa shape index (κ1) is 14.3. The number of unbranched alkanes of at least 4 members (excludes halogenated alkanes) is 3. The van der Waals surface area contributed by atoms with Crippen molar-refractivity contribution >= 4 is 6.03 Å². The molecule has 0 rings (SSSR count). The molecule has 0 atom stereocenters. The Balaban J connectivity index is 3.69. The molecule has 0 fully saturated rings. The lowest BCUT2D eigenvalue weighted by Crippen LogP contribution is -2.33. The van der Waals surface area contributed by atoms with Gasteiger partial charge in [0.05, 0.1) is 0 Å². The highest BCUT2D eigenvalue weighted by Gasteiger charge is 2.09. The molecule has 0 aliphatic rings. The molecule has 0 aliphatic carbocycles. The summed E-state index contributed by atoms with van der Waals surface area (Å²) < 4.78 is 0. The summed E-state index contributed by atoms with van der Waals surface area (Å²) in [7, 11) is 0. The van der Waals surface area contributed by atoms with Crippen LogP contribution in [-0.4, -0.2) is 24.0 Å². The summed E-state index contributed by atoms with van der Waals surface area (Å²) in [5.41, 5.74) is 7.15. The smallest absolute Gasteiger partial charge is 0.323 e. The first-order valence-electron chi connectivity index (χ1n) is 6.08. The molecule has 2 amide bonds. The predicted molar refractivity (Wildman–Crippen MR) is 63.7 cm³/mol. The van der Waals surface area contributed by atoms with Gasteiger partial charge in [0, 0.05) is 13.1 Å². The van der Waals surface area contributed by atoms with Crippen molar-refractivity contribution in [2.75, 3.05) is 13.1 Å². The largest absolute Gasteiger partial charge is 0.336 e. The zero-order valence-corrected chi connectivity index (χ0v) is 10.4. The Labute approximate surface area is 94.0 Å². The van der Waals surface area contributed by atoms with Gasteiger partial charge in [-0.15, -0.1) is 0 Å². The zero-order valence-electron chi connectivity index (χ0n) is 10.4. The van der Waals surface area contributed by atoms with Crippen LogP contribution in [-0.2, 0) is 0 Å². The van der Waals surface area contributed by atoms with Crippen molar-refractivity contribution in [1.29, 1.82) is 0 Å². The van der Waals surface area contributed by atoms with Gasteiger partial charge in [-0.1, -0.05) is 40.0 Å². The van der Waals surface area contributed by atoms with Crippen molar-refractivity contribution in [3.63, 3.8) is 0 Å². The number of hydrogen-bond donors (Lipinski definition) is 0. The third-order valence-corrected chi connectivity index (χ3v) is 2.55. The number of nitrogens with one attached hydrogen (secondary N) is 1. The van der Waals surface area contributed by atoms with Gasteiger partial charge in [0.1, 0.15) is 0 Å². The topological polar surface area (TPSA) is 44.1 Å². The number of carbonyl (C=O) groups excluding carboxylic acids is 1. The minimum atomic E-state index is -0.521. The van der Waals surface area contributed by atoms with Crippen molar-refractivity contribution in [2.45, 2.75) is 52.9 Å².